The van der Waals surface area contributed by atoms with Crippen molar-refractivity contribution in [3.8, 4) is 11.5 Å². The van der Waals surface area contributed by atoms with E-state index in [4.69, 9.17) is 9.47 Å². The highest BCUT2D eigenvalue weighted by Crippen LogP contribution is 2.36. The van der Waals surface area contributed by atoms with E-state index in [1.807, 2.05) is 22.6 Å². The number of para-hydroxylation sites is 1. The zero-order chi connectivity index (χ0) is 25.1. The first-order valence-corrected chi connectivity index (χ1v) is 11.3. The van der Waals surface area contributed by atoms with Crippen LogP contribution in [0.25, 0.3) is 6.08 Å². The van der Waals surface area contributed by atoms with Crippen molar-refractivity contribution >= 4 is 52.2 Å². The van der Waals surface area contributed by atoms with Gasteiger partial charge in [-0.05, 0) is 64.6 Å². The maximum Gasteiger partial charge on any atom is 0.336 e. The van der Waals surface area contributed by atoms with Crippen LogP contribution in [-0.4, -0.2) is 25.0 Å². The lowest BCUT2D eigenvalue weighted by Crippen LogP contribution is -2.54. The Balaban J connectivity index is 1.66. The number of anilines is 1. The van der Waals surface area contributed by atoms with E-state index < -0.39 is 29.5 Å². The molecule has 1 aliphatic rings. The highest BCUT2D eigenvalue weighted by molar-refractivity contribution is 14.1. The molecule has 35 heavy (non-hydrogen) atoms. The average Bonchev–Trinajstić information content (AvgIpc) is 2.83. The number of hydrogen-bond acceptors (Lipinski definition) is 5. The summed E-state index contributed by atoms with van der Waals surface area (Å²) in [5, 5.41) is 2.05. The minimum absolute atomic E-state index is 0.0416. The number of nitrogens with zero attached hydrogens (tertiary/aromatic N) is 1. The Bertz CT molecular complexity index is 1380. The molecule has 1 fully saturated rings. The van der Waals surface area contributed by atoms with Gasteiger partial charge in [0.25, 0.3) is 11.8 Å². The molecular formula is C25H17F2IN2O5. The average molecular weight is 590 g/mol. The van der Waals surface area contributed by atoms with Crippen LogP contribution in [0.3, 0.4) is 0 Å². The van der Waals surface area contributed by atoms with Gasteiger partial charge in [-0.25, -0.2) is 18.5 Å². The van der Waals surface area contributed by atoms with Gasteiger partial charge in [-0.15, -0.1) is 0 Å². The van der Waals surface area contributed by atoms with E-state index in [1.165, 1.54) is 43.5 Å². The molecule has 0 spiro atoms. The van der Waals surface area contributed by atoms with E-state index in [0.717, 1.165) is 6.07 Å². The molecule has 1 saturated heterocycles. The Kier molecular flexibility index (Phi) is 7.10. The van der Waals surface area contributed by atoms with Crippen LogP contribution in [0.1, 0.15) is 11.1 Å². The third-order valence-corrected chi connectivity index (χ3v) is 5.89. The number of methoxy groups -OCH3 is 1. The number of halogens is 3. The molecule has 7 nitrogen and oxygen atoms in total. The van der Waals surface area contributed by atoms with Gasteiger partial charge in [0.1, 0.15) is 23.8 Å². The number of carbonyl (C=O) groups is 3. The molecule has 1 heterocycles. The van der Waals surface area contributed by atoms with Gasteiger partial charge >= 0.3 is 6.03 Å². The van der Waals surface area contributed by atoms with Crippen LogP contribution in [0.15, 0.2) is 66.2 Å². The monoisotopic (exact) mass is 590 g/mol. The zero-order valence-corrected chi connectivity index (χ0v) is 20.3. The lowest BCUT2D eigenvalue weighted by atomic mass is 10.1. The summed E-state index contributed by atoms with van der Waals surface area (Å²) in [7, 11) is 1.41. The normalized spacial score (nSPS) is 14.8. The van der Waals surface area contributed by atoms with E-state index in [-0.39, 0.29) is 23.6 Å². The highest BCUT2D eigenvalue weighted by atomic mass is 127. The second kappa shape index (κ2) is 10.2. The maximum absolute atomic E-state index is 14.3. The summed E-state index contributed by atoms with van der Waals surface area (Å²) < 4.78 is 39.9. The van der Waals surface area contributed by atoms with E-state index >= 15 is 0 Å². The molecule has 0 saturated carbocycles. The summed E-state index contributed by atoms with van der Waals surface area (Å²) >= 11 is 1.98. The molecule has 4 rings (SSSR count). The van der Waals surface area contributed by atoms with Crippen molar-refractivity contribution in [1.29, 1.82) is 0 Å². The number of ether oxygens (including phenoxy) is 2. The van der Waals surface area contributed by atoms with Crippen molar-refractivity contribution < 1.29 is 32.6 Å². The van der Waals surface area contributed by atoms with Gasteiger partial charge in [-0.3, -0.25) is 14.9 Å². The second-order valence-corrected chi connectivity index (χ2v) is 8.49. The minimum Gasteiger partial charge on any atom is -0.493 e. The van der Waals surface area contributed by atoms with Crippen molar-refractivity contribution in [2.45, 2.75) is 6.61 Å². The van der Waals surface area contributed by atoms with Crippen LogP contribution in [0.2, 0.25) is 0 Å². The molecule has 3 aromatic carbocycles. The molecule has 0 radical (unpaired) electrons. The number of carbonyl (C=O) groups excluding carboxylic acids is 3. The van der Waals surface area contributed by atoms with Crippen LogP contribution < -0.4 is 19.7 Å². The first-order valence-electron chi connectivity index (χ1n) is 10.2. The van der Waals surface area contributed by atoms with Crippen molar-refractivity contribution in [2.24, 2.45) is 0 Å². The molecule has 3 aromatic rings. The van der Waals surface area contributed by atoms with Gasteiger partial charge in [0.05, 0.1) is 16.4 Å². The van der Waals surface area contributed by atoms with E-state index in [9.17, 15) is 23.2 Å². The number of amides is 4. The molecule has 0 atom stereocenters. The third kappa shape index (κ3) is 5.02. The summed E-state index contributed by atoms with van der Waals surface area (Å²) in [4.78, 5) is 38.3. The van der Waals surface area contributed by atoms with Crippen LogP contribution in [-0.2, 0) is 16.2 Å². The summed E-state index contributed by atoms with van der Waals surface area (Å²) in [5.41, 5.74) is 0.105. The zero-order valence-electron chi connectivity index (χ0n) is 18.2. The van der Waals surface area contributed by atoms with E-state index in [0.29, 0.717) is 25.3 Å². The number of benzene rings is 3. The van der Waals surface area contributed by atoms with Crippen LogP contribution in [0.4, 0.5) is 19.3 Å². The minimum atomic E-state index is -1.05. The van der Waals surface area contributed by atoms with Gasteiger partial charge < -0.3 is 9.47 Å². The van der Waals surface area contributed by atoms with Crippen LogP contribution in [0.5, 0.6) is 11.5 Å². The van der Waals surface area contributed by atoms with Gasteiger partial charge in [0, 0.05) is 5.56 Å². The van der Waals surface area contributed by atoms with Crippen molar-refractivity contribution in [3.05, 3.63) is 92.6 Å². The van der Waals surface area contributed by atoms with Gasteiger partial charge in [-0.2, -0.15) is 0 Å². The van der Waals surface area contributed by atoms with Crippen molar-refractivity contribution in [2.75, 3.05) is 12.0 Å². The SMILES string of the molecule is COc1cc(/C=C2/C(=O)NC(=O)N(c3ccccc3F)C2=O)cc(I)c1OCc1ccccc1F. The fourth-order valence-electron chi connectivity index (χ4n) is 3.40. The largest absolute Gasteiger partial charge is 0.493 e. The van der Waals surface area contributed by atoms with Crippen molar-refractivity contribution in [1.82, 2.24) is 5.32 Å². The van der Waals surface area contributed by atoms with Crippen molar-refractivity contribution in [3.63, 3.8) is 0 Å². The molecule has 0 bridgehead atoms. The summed E-state index contributed by atoms with van der Waals surface area (Å²) in [6.45, 7) is -0.0416. The number of barbiturate groups is 1. The van der Waals surface area contributed by atoms with E-state index in [2.05, 4.69) is 5.32 Å². The topological polar surface area (TPSA) is 84.9 Å². The fourth-order valence-corrected chi connectivity index (χ4v) is 4.19. The molecule has 178 valence electrons. The lowest BCUT2D eigenvalue weighted by Gasteiger charge is -2.26. The summed E-state index contributed by atoms with van der Waals surface area (Å²) in [6, 6.07) is 13.5. The fraction of sp³-hybridized carbons (Fsp3) is 0.0800. The Hall–Kier alpha value is -3.80. The third-order valence-electron chi connectivity index (χ3n) is 5.09. The van der Waals surface area contributed by atoms with E-state index in [1.54, 1.807) is 24.3 Å². The maximum atomic E-state index is 14.3. The molecule has 0 aromatic heterocycles. The predicted octanol–water partition coefficient (Wildman–Crippen LogP) is 4.82. The molecule has 0 aliphatic carbocycles. The lowest BCUT2D eigenvalue weighted by molar-refractivity contribution is -0.122. The van der Waals surface area contributed by atoms with Gasteiger partial charge in [-0.1, -0.05) is 30.3 Å². The Labute approximate surface area is 212 Å². The first kappa shape index (κ1) is 24.3. The Morgan fingerprint density at radius 2 is 1.69 bits per heavy atom. The van der Waals surface area contributed by atoms with Crippen LogP contribution in [0, 0.1) is 15.2 Å². The van der Waals surface area contributed by atoms with Crippen LogP contribution >= 0.6 is 22.6 Å². The number of imide groups is 2. The predicted molar refractivity (Wildman–Crippen MR) is 132 cm³/mol. The molecular weight excluding hydrogens is 573 g/mol. The number of nitrogens with one attached hydrogen (secondary N) is 1. The Morgan fingerprint density at radius 3 is 2.37 bits per heavy atom. The summed E-state index contributed by atoms with van der Waals surface area (Å²) in [6.07, 6.45) is 1.27. The molecule has 10 heteroatoms. The number of rotatable bonds is 6. The molecule has 4 amide bonds. The highest BCUT2D eigenvalue weighted by Gasteiger charge is 2.38. The van der Waals surface area contributed by atoms with Gasteiger partial charge in [0.15, 0.2) is 11.5 Å². The summed E-state index contributed by atoms with van der Waals surface area (Å²) in [5.74, 6) is -2.46. The first-order chi connectivity index (χ1) is 16.8. The smallest absolute Gasteiger partial charge is 0.336 e. The second-order valence-electron chi connectivity index (χ2n) is 7.32. The number of hydrogen-bond donors (Lipinski definition) is 1. The quantitative estimate of drug-likeness (QED) is 0.253. The standard InChI is InChI=1S/C25H17F2IN2O5/c1-34-21-12-14(11-19(28)22(21)35-13-15-6-2-3-7-17(15)26)10-16-23(31)29-25(33)30(24(16)32)20-9-5-4-8-18(20)27/h2-12H,13H2,1H3,(H,29,31,33)/b16-10-. The molecule has 1 N–H and O–H groups in total. The van der Waals surface area contributed by atoms with Gasteiger partial charge in [0.2, 0.25) is 0 Å². The number of urea groups is 1. The molecule has 0 unspecified atom stereocenters. The molecule has 1 aliphatic heterocycles. The Morgan fingerprint density at radius 1 is 1.00 bits per heavy atom.